The van der Waals surface area contributed by atoms with Crippen molar-refractivity contribution in [1.29, 1.82) is 0 Å². The smallest absolute Gasteiger partial charge is 0.325 e. The zero-order chi connectivity index (χ0) is 18.7. The number of carbonyl (C=O) groups excluding carboxylic acids is 1. The maximum Gasteiger partial charge on any atom is 0.417 e. The van der Waals surface area contributed by atoms with E-state index in [4.69, 9.17) is 11.6 Å². The van der Waals surface area contributed by atoms with E-state index in [-0.39, 0.29) is 18.2 Å². The highest BCUT2D eigenvalue weighted by Gasteiger charge is 2.33. The summed E-state index contributed by atoms with van der Waals surface area (Å²) >= 11 is 5.50. The van der Waals surface area contributed by atoms with Gasteiger partial charge in [-0.3, -0.25) is 4.79 Å². The van der Waals surface area contributed by atoms with E-state index >= 15 is 0 Å². The van der Waals surface area contributed by atoms with Gasteiger partial charge in [-0.25, -0.2) is 8.42 Å². The molecule has 0 heterocycles. The quantitative estimate of drug-likeness (QED) is 0.816. The molecule has 0 aliphatic carbocycles. The number of anilines is 1. The number of hydrogen-bond donors (Lipinski definition) is 1. The van der Waals surface area contributed by atoms with Crippen molar-refractivity contribution in [3.05, 3.63) is 28.8 Å². The van der Waals surface area contributed by atoms with E-state index in [0.717, 1.165) is 16.6 Å². The first kappa shape index (κ1) is 20.7. The standard InChI is InChI=1S/C14H18ClF3N2O3S/c1-9(2)7-20(24(3,22)23)8-13(21)19-10-4-5-12(15)11(6-10)14(16,17)18/h4-6,9H,7-8H2,1-3H3,(H,19,21). The maximum absolute atomic E-state index is 12.8. The van der Waals surface area contributed by atoms with E-state index in [1.165, 1.54) is 6.07 Å². The number of hydrogen-bond acceptors (Lipinski definition) is 3. The molecule has 1 amide bonds. The molecule has 0 aliphatic heterocycles. The maximum atomic E-state index is 12.8. The highest BCUT2D eigenvalue weighted by Crippen LogP contribution is 2.36. The molecule has 10 heteroatoms. The molecular weight excluding hydrogens is 369 g/mol. The number of nitrogens with zero attached hydrogens (tertiary/aromatic N) is 1. The minimum Gasteiger partial charge on any atom is -0.325 e. The van der Waals surface area contributed by atoms with Crippen molar-refractivity contribution in [2.75, 3.05) is 24.7 Å². The van der Waals surface area contributed by atoms with Gasteiger partial charge in [0.15, 0.2) is 0 Å². The Kier molecular flexibility index (Phi) is 6.66. The molecule has 0 saturated carbocycles. The van der Waals surface area contributed by atoms with Crippen LogP contribution in [-0.4, -0.2) is 38.0 Å². The fraction of sp³-hybridized carbons (Fsp3) is 0.500. The van der Waals surface area contributed by atoms with Crippen molar-refractivity contribution >= 4 is 33.2 Å². The number of rotatable bonds is 6. The summed E-state index contributed by atoms with van der Waals surface area (Å²) < 4.78 is 62.7. The first-order valence-corrected chi connectivity index (χ1v) is 9.15. The van der Waals surface area contributed by atoms with Crippen LogP contribution in [0.3, 0.4) is 0 Å². The molecule has 0 aromatic heterocycles. The molecule has 0 spiro atoms. The van der Waals surface area contributed by atoms with Crippen molar-refractivity contribution in [1.82, 2.24) is 4.31 Å². The fourth-order valence-corrected chi connectivity index (χ4v) is 3.05. The minimum absolute atomic E-state index is 0.0140. The summed E-state index contributed by atoms with van der Waals surface area (Å²) in [6.07, 6.45) is -3.69. The zero-order valence-corrected chi connectivity index (χ0v) is 14.9. The van der Waals surface area contributed by atoms with Crippen molar-refractivity contribution in [2.45, 2.75) is 20.0 Å². The Bertz CT molecular complexity index is 706. The fourth-order valence-electron chi connectivity index (χ4n) is 1.91. The Morgan fingerprint density at radius 1 is 1.33 bits per heavy atom. The van der Waals surface area contributed by atoms with Gasteiger partial charge in [0.2, 0.25) is 15.9 Å². The number of benzene rings is 1. The lowest BCUT2D eigenvalue weighted by atomic mass is 10.2. The second kappa shape index (κ2) is 7.71. The van der Waals surface area contributed by atoms with Crippen molar-refractivity contribution in [3.63, 3.8) is 0 Å². The summed E-state index contributed by atoms with van der Waals surface area (Å²) in [6, 6.07) is 2.93. The molecule has 5 nitrogen and oxygen atoms in total. The molecule has 0 aliphatic rings. The monoisotopic (exact) mass is 386 g/mol. The number of amides is 1. The molecule has 24 heavy (non-hydrogen) atoms. The summed E-state index contributed by atoms with van der Waals surface area (Å²) in [5, 5.41) is 1.77. The van der Waals surface area contributed by atoms with E-state index in [1.54, 1.807) is 13.8 Å². The van der Waals surface area contributed by atoms with Gasteiger partial charge in [-0.15, -0.1) is 0 Å². The topological polar surface area (TPSA) is 66.5 Å². The molecule has 1 N–H and O–H groups in total. The summed E-state index contributed by atoms with van der Waals surface area (Å²) in [5.41, 5.74) is -1.20. The van der Waals surface area contributed by atoms with Crippen LogP contribution >= 0.6 is 11.6 Å². The van der Waals surface area contributed by atoms with Gasteiger partial charge in [0.1, 0.15) is 0 Å². The minimum atomic E-state index is -4.66. The second-order valence-corrected chi connectivity index (χ2v) is 8.08. The van der Waals surface area contributed by atoms with Crippen LogP contribution in [-0.2, 0) is 21.0 Å². The Morgan fingerprint density at radius 3 is 2.38 bits per heavy atom. The highest BCUT2D eigenvalue weighted by atomic mass is 35.5. The van der Waals surface area contributed by atoms with Gasteiger partial charge in [0.25, 0.3) is 0 Å². The first-order chi connectivity index (χ1) is 10.8. The van der Waals surface area contributed by atoms with E-state index < -0.39 is 39.2 Å². The molecule has 0 atom stereocenters. The predicted molar refractivity (Wildman–Crippen MR) is 86.3 cm³/mol. The second-order valence-electron chi connectivity index (χ2n) is 5.69. The Balaban J connectivity index is 2.91. The van der Waals surface area contributed by atoms with Crippen LogP contribution in [0.25, 0.3) is 0 Å². The van der Waals surface area contributed by atoms with Gasteiger partial charge in [0, 0.05) is 12.2 Å². The summed E-state index contributed by atoms with van der Waals surface area (Å²) in [5.74, 6) is -0.753. The lowest BCUT2D eigenvalue weighted by Gasteiger charge is -2.21. The molecule has 0 unspecified atom stereocenters. The lowest BCUT2D eigenvalue weighted by molar-refractivity contribution is -0.137. The average molecular weight is 387 g/mol. The zero-order valence-electron chi connectivity index (χ0n) is 13.3. The third-order valence-electron chi connectivity index (χ3n) is 2.91. The number of halogens is 4. The van der Waals surface area contributed by atoms with E-state index in [1.807, 2.05) is 0 Å². The van der Waals surface area contributed by atoms with Crippen LogP contribution in [0.4, 0.5) is 18.9 Å². The summed E-state index contributed by atoms with van der Waals surface area (Å²) in [4.78, 5) is 12.0. The summed E-state index contributed by atoms with van der Waals surface area (Å²) in [6.45, 7) is 3.21. The molecule has 1 aromatic carbocycles. The largest absolute Gasteiger partial charge is 0.417 e. The average Bonchev–Trinajstić information content (AvgIpc) is 2.37. The molecule has 1 aromatic rings. The molecule has 136 valence electrons. The van der Waals surface area contributed by atoms with Gasteiger partial charge in [-0.2, -0.15) is 17.5 Å². The van der Waals surface area contributed by atoms with Crippen molar-refractivity contribution in [3.8, 4) is 0 Å². The normalized spacial score (nSPS) is 12.7. The molecule has 0 fully saturated rings. The Labute approximate surface area is 143 Å². The molecular formula is C14H18ClF3N2O3S. The Morgan fingerprint density at radius 2 is 1.92 bits per heavy atom. The van der Waals surface area contributed by atoms with Gasteiger partial charge < -0.3 is 5.32 Å². The van der Waals surface area contributed by atoms with Gasteiger partial charge in [-0.1, -0.05) is 25.4 Å². The SMILES string of the molecule is CC(C)CN(CC(=O)Nc1ccc(Cl)c(C(F)(F)F)c1)S(C)(=O)=O. The van der Waals surface area contributed by atoms with Crippen LogP contribution in [0, 0.1) is 5.92 Å². The van der Waals surface area contributed by atoms with Crippen LogP contribution in [0.5, 0.6) is 0 Å². The number of nitrogens with one attached hydrogen (secondary N) is 1. The highest BCUT2D eigenvalue weighted by molar-refractivity contribution is 7.88. The first-order valence-electron chi connectivity index (χ1n) is 6.92. The van der Waals surface area contributed by atoms with Crippen LogP contribution in [0.1, 0.15) is 19.4 Å². The predicted octanol–water partition coefficient (Wildman–Crippen LogP) is 3.21. The number of sulfonamides is 1. The van der Waals surface area contributed by atoms with E-state index in [9.17, 15) is 26.4 Å². The third-order valence-corrected chi connectivity index (χ3v) is 4.46. The van der Waals surface area contributed by atoms with Gasteiger partial charge in [0.05, 0.1) is 23.4 Å². The Hall–Kier alpha value is -1.32. The third kappa shape index (κ3) is 6.29. The van der Waals surface area contributed by atoms with Crippen LogP contribution < -0.4 is 5.32 Å². The molecule has 0 radical (unpaired) electrons. The van der Waals surface area contributed by atoms with E-state index in [2.05, 4.69) is 5.32 Å². The van der Waals surface area contributed by atoms with Crippen LogP contribution in [0.2, 0.25) is 5.02 Å². The van der Waals surface area contributed by atoms with E-state index in [0.29, 0.717) is 6.07 Å². The molecule has 0 saturated heterocycles. The number of carbonyl (C=O) groups is 1. The summed E-state index contributed by atoms with van der Waals surface area (Å²) in [7, 11) is -3.61. The lowest BCUT2D eigenvalue weighted by Crippen LogP contribution is -2.39. The van der Waals surface area contributed by atoms with Crippen molar-refractivity contribution in [2.24, 2.45) is 5.92 Å². The number of alkyl halides is 3. The van der Waals surface area contributed by atoms with Gasteiger partial charge >= 0.3 is 6.18 Å². The molecule has 0 bridgehead atoms. The molecule has 1 rings (SSSR count). The van der Waals surface area contributed by atoms with Gasteiger partial charge in [-0.05, 0) is 24.1 Å². The van der Waals surface area contributed by atoms with Crippen LogP contribution in [0.15, 0.2) is 18.2 Å². The van der Waals surface area contributed by atoms with Crippen molar-refractivity contribution < 1.29 is 26.4 Å².